The van der Waals surface area contributed by atoms with Crippen molar-refractivity contribution in [3.63, 3.8) is 0 Å². The number of aliphatic hydroxyl groups excluding tert-OH is 3. The third-order valence-electron chi connectivity index (χ3n) is 2.18. The second-order valence-corrected chi connectivity index (χ2v) is 3.16. The molecular formula is C6H10N6O4. The highest BCUT2D eigenvalue weighted by atomic mass is 16.5. The Labute approximate surface area is 89.3 Å². The molecule has 1 aliphatic heterocycles. The second-order valence-electron chi connectivity index (χ2n) is 3.16. The molecule has 0 amide bonds. The lowest BCUT2D eigenvalue weighted by Gasteiger charge is -2.38. The van der Waals surface area contributed by atoms with E-state index in [1.54, 1.807) is 0 Å². The van der Waals surface area contributed by atoms with Crippen LogP contribution in [0, 0.1) is 0 Å². The number of aliphatic hydroxyl groups is 3. The number of ether oxygens (including phenoxy) is 1. The van der Waals surface area contributed by atoms with Gasteiger partial charge in [-0.2, -0.15) is 0 Å². The summed E-state index contributed by atoms with van der Waals surface area (Å²) >= 11 is 0. The summed E-state index contributed by atoms with van der Waals surface area (Å²) in [6.07, 6.45) is -6.80. The van der Waals surface area contributed by atoms with Crippen molar-refractivity contribution in [2.75, 3.05) is 6.54 Å². The van der Waals surface area contributed by atoms with Crippen molar-refractivity contribution in [1.82, 2.24) is 0 Å². The molecule has 0 spiro atoms. The molecule has 0 aliphatic carbocycles. The van der Waals surface area contributed by atoms with Gasteiger partial charge in [-0.1, -0.05) is 10.2 Å². The van der Waals surface area contributed by atoms with E-state index in [2.05, 4.69) is 20.1 Å². The molecule has 5 atom stereocenters. The maximum Gasteiger partial charge on any atom is 0.165 e. The normalized spacial score (nSPS) is 38.3. The summed E-state index contributed by atoms with van der Waals surface area (Å²) in [5.41, 5.74) is 16.3. The minimum Gasteiger partial charge on any atom is -0.388 e. The van der Waals surface area contributed by atoms with Crippen LogP contribution in [0.1, 0.15) is 0 Å². The Morgan fingerprint density at radius 1 is 1.06 bits per heavy atom. The topological polar surface area (TPSA) is 167 Å². The zero-order valence-corrected chi connectivity index (χ0v) is 8.03. The summed E-state index contributed by atoms with van der Waals surface area (Å²) in [6.45, 7) is -0.237. The van der Waals surface area contributed by atoms with Gasteiger partial charge in [-0.15, -0.1) is 0 Å². The van der Waals surface area contributed by atoms with E-state index in [1.165, 1.54) is 0 Å². The maximum absolute atomic E-state index is 9.47. The first-order chi connectivity index (χ1) is 7.61. The lowest BCUT2D eigenvalue weighted by atomic mass is 9.98. The van der Waals surface area contributed by atoms with Gasteiger partial charge in [-0.3, -0.25) is 0 Å². The predicted octanol–water partition coefficient (Wildman–Crippen LogP) is -0.585. The van der Waals surface area contributed by atoms with Gasteiger partial charge in [0, 0.05) is 9.82 Å². The molecule has 3 N–H and O–H groups in total. The molecule has 88 valence electrons. The van der Waals surface area contributed by atoms with Crippen LogP contribution >= 0.6 is 0 Å². The average Bonchev–Trinajstić information content (AvgIpc) is 2.28. The molecule has 0 radical (unpaired) electrons. The van der Waals surface area contributed by atoms with E-state index >= 15 is 0 Å². The van der Waals surface area contributed by atoms with Gasteiger partial charge in [0.15, 0.2) is 6.23 Å². The molecule has 0 bridgehead atoms. The Kier molecular flexibility index (Phi) is 4.32. The van der Waals surface area contributed by atoms with Crippen LogP contribution in [0.5, 0.6) is 0 Å². The summed E-state index contributed by atoms with van der Waals surface area (Å²) in [4.78, 5) is 4.89. The highest BCUT2D eigenvalue weighted by molar-refractivity contribution is 4.92. The van der Waals surface area contributed by atoms with Gasteiger partial charge in [0.2, 0.25) is 0 Å². The van der Waals surface area contributed by atoms with Crippen LogP contribution in [0.4, 0.5) is 0 Å². The first kappa shape index (κ1) is 12.5. The monoisotopic (exact) mass is 230 g/mol. The smallest absolute Gasteiger partial charge is 0.165 e. The van der Waals surface area contributed by atoms with Crippen molar-refractivity contribution in [2.24, 2.45) is 10.2 Å². The van der Waals surface area contributed by atoms with E-state index in [0.29, 0.717) is 0 Å². The molecule has 1 saturated heterocycles. The van der Waals surface area contributed by atoms with Crippen molar-refractivity contribution in [3.8, 4) is 0 Å². The SMILES string of the molecule is [N-]=[N+]=NC[C@H]1O[C@@H](N=[N+]=[N-])[C@H](O)[C@@H](O)[C@H]1O. The van der Waals surface area contributed by atoms with E-state index < -0.39 is 30.6 Å². The summed E-state index contributed by atoms with van der Waals surface area (Å²) in [5.74, 6) is 0. The number of nitrogens with zero attached hydrogens (tertiary/aromatic N) is 6. The lowest BCUT2D eigenvalue weighted by molar-refractivity contribution is -0.216. The van der Waals surface area contributed by atoms with E-state index in [0.717, 1.165) is 0 Å². The Morgan fingerprint density at radius 2 is 1.75 bits per heavy atom. The summed E-state index contributed by atoms with van der Waals surface area (Å²) in [7, 11) is 0. The number of azide groups is 2. The molecule has 1 aliphatic rings. The van der Waals surface area contributed by atoms with Crippen LogP contribution in [-0.2, 0) is 4.74 Å². The maximum atomic E-state index is 9.47. The van der Waals surface area contributed by atoms with Crippen LogP contribution in [-0.4, -0.2) is 52.5 Å². The zero-order chi connectivity index (χ0) is 12.1. The minimum atomic E-state index is -1.52. The molecule has 10 heteroatoms. The fourth-order valence-corrected chi connectivity index (χ4v) is 1.35. The summed E-state index contributed by atoms with van der Waals surface area (Å²) < 4.78 is 4.98. The predicted molar refractivity (Wildman–Crippen MR) is 49.8 cm³/mol. The van der Waals surface area contributed by atoms with Crippen LogP contribution in [0.25, 0.3) is 20.9 Å². The number of rotatable bonds is 3. The third-order valence-corrected chi connectivity index (χ3v) is 2.18. The highest BCUT2D eigenvalue weighted by Crippen LogP contribution is 2.22. The Bertz CT molecular complexity index is 336. The molecule has 1 rings (SSSR count). The molecule has 1 heterocycles. The second kappa shape index (κ2) is 5.52. The Hall–Kier alpha value is -1.54. The zero-order valence-electron chi connectivity index (χ0n) is 8.03. The molecule has 16 heavy (non-hydrogen) atoms. The number of hydrogen-bond acceptors (Lipinski definition) is 6. The van der Waals surface area contributed by atoms with Gasteiger partial charge in [0.1, 0.15) is 18.3 Å². The molecule has 0 unspecified atom stereocenters. The highest BCUT2D eigenvalue weighted by Gasteiger charge is 2.42. The average molecular weight is 230 g/mol. The van der Waals surface area contributed by atoms with Crippen LogP contribution in [0.15, 0.2) is 10.2 Å². The molecule has 0 aromatic rings. The largest absolute Gasteiger partial charge is 0.388 e. The Balaban J connectivity index is 2.79. The van der Waals surface area contributed by atoms with E-state index in [-0.39, 0.29) is 6.54 Å². The first-order valence-corrected chi connectivity index (χ1v) is 4.36. The fourth-order valence-electron chi connectivity index (χ4n) is 1.35. The Morgan fingerprint density at radius 3 is 2.31 bits per heavy atom. The van der Waals surface area contributed by atoms with Crippen LogP contribution < -0.4 is 0 Å². The number of hydrogen-bond donors (Lipinski definition) is 3. The van der Waals surface area contributed by atoms with E-state index in [4.69, 9.17) is 15.8 Å². The van der Waals surface area contributed by atoms with Crippen molar-refractivity contribution >= 4 is 0 Å². The minimum absolute atomic E-state index is 0.237. The van der Waals surface area contributed by atoms with Crippen molar-refractivity contribution in [1.29, 1.82) is 0 Å². The summed E-state index contributed by atoms with van der Waals surface area (Å²) in [6, 6.07) is 0. The van der Waals surface area contributed by atoms with E-state index in [9.17, 15) is 15.3 Å². The summed E-state index contributed by atoms with van der Waals surface area (Å²) in [5, 5.41) is 34.5. The van der Waals surface area contributed by atoms with Gasteiger partial charge < -0.3 is 20.1 Å². The van der Waals surface area contributed by atoms with Crippen LogP contribution in [0.2, 0.25) is 0 Å². The molecule has 0 aromatic heterocycles. The molecule has 0 saturated carbocycles. The van der Waals surface area contributed by atoms with E-state index in [1.807, 2.05) is 0 Å². The van der Waals surface area contributed by atoms with Crippen LogP contribution in [0.3, 0.4) is 0 Å². The molecule has 10 nitrogen and oxygen atoms in total. The van der Waals surface area contributed by atoms with Crippen molar-refractivity contribution in [3.05, 3.63) is 20.9 Å². The molecule has 0 aromatic carbocycles. The molecular weight excluding hydrogens is 220 g/mol. The first-order valence-electron chi connectivity index (χ1n) is 4.36. The fraction of sp³-hybridized carbons (Fsp3) is 1.00. The lowest BCUT2D eigenvalue weighted by Crippen LogP contribution is -2.57. The quantitative estimate of drug-likeness (QED) is 0.335. The van der Waals surface area contributed by atoms with Gasteiger partial charge in [0.05, 0.1) is 12.6 Å². The van der Waals surface area contributed by atoms with Crippen molar-refractivity contribution < 1.29 is 20.1 Å². The van der Waals surface area contributed by atoms with Gasteiger partial charge >= 0.3 is 0 Å². The van der Waals surface area contributed by atoms with Gasteiger partial charge in [-0.25, -0.2) is 0 Å². The molecule has 1 fully saturated rings. The standard InChI is InChI=1S/C6H10N6O4/c7-11-9-1-2-3(13)4(14)5(15)6(16-2)10-12-8/h2-6,13-15H,1H2/t2-,3+,4+,5-,6-/m1/s1. The third kappa shape index (κ3) is 2.52. The van der Waals surface area contributed by atoms with Crippen molar-refractivity contribution in [2.45, 2.75) is 30.6 Å². The van der Waals surface area contributed by atoms with Gasteiger partial charge in [0.25, 0.3) is 0 Å². The van der Waals surface area contributed by atoms with Gasteiger partial charge in [-0.05, 0) is 11.1 Å².